The summed E-state index contributed by atoms with van der Waals surface area (Å²) in [5.41, 5.74) is 0.372. The van der Waals surface area contributed by atoms with Crippen molar-refractivity contribution in [1.82, 2.24) is 4.98 Å². The predicted molar refractivity (Wildman–Crippen MR) is 82.7 cm³/mol. The van der Waals surface area contributed by atoms with Crippen molar-refractivity contribution in [2.75, 3.05) is 0 Å². The third kappa shape index (κ3) is 3.65. The molecule has 0 aliphatic rings. The van der Waals surface area contributed by atoms with Crippen LogP contribution in [0.1, 0.15) is 32.6 Å². The molecular weight excluding hydrogens is 284 g/mol. The van der Waals surface area contributed by atoms with Crippen molar-refractivity contribution >= 4 is 5.69 Å². The van der Waals surface area contributed by atoms with Gasteiger partial charge in [-0.25, -0.2) is 0 Å². The lowest BCUT2D eigenvalue weighted by Crippen LogP contribution is -2.35. The van der Waals surface area contributed by atoms with Crippen LogP contribution in [0.2, 0.25) is 0 Å². The van der Waals surface area contributed by atoms with E-state index in [2.05, 4.69) is 4.98 Å². The summed E-state index contributed by atoms with van der Waals surface area (Å²) in [7, 11) is 0. The van der Waals surface area contributed by atoms with Gasteiger partial charge in [-0.05, 0) is 29.7 Å². The number of H-pyrrole nitrogens is 1. The SMILES string of the molecule is CC(C)(C)C(O)C(Oc1ccc([N+](=O)[O-])cc1)c1ccc[nH]1. The molecule has 1 aromatic heterocycles. The number of aliphatic hydroxyl groups is 1. The van der Waals surface area contributed by atoms with Crippen LogP contribution < -0.4 is 4.74 Å². The van der Waals surface area contributed by atoms with E-state index in [-0.39, 0.29) is 11.1 Å². The molecule has 0 aliphatic carbocycles. The third-order valence-electron chi connectivity index (χ3n) is 3.41. The number of hydrogen-bond acceptors (Lipinski definition) is 4. The van der Waals surface area contributed by atoms with Crippen molar-refractivity contribution in [2.24, 2.45) is 5.41 Å². The Balaban J connectivity index is 2.25. The number of non-ortho nitro benzene ring substituents is 1. The molecule has 1 heterocycles. The molecule has 2 unspecified atom stereocenters. The van der Waals surface area contributed by atoms with Crippen LogP contribution in [0.25, 0.3) is 0 Å². The Morgan fingerprint density at radius 2 is 1.86 bits per heavy atom. The lowest BCUT2D eigenvalue weighted by atomic mass is 9.85. The van der Waals surface area contributed by atoms with Gasteiger partial charge in [-0.1, -0.05) is 20.8 Å². The van der Waals surface area contributed by atoms with Crippen LogP contribution in [0.15, 0.2) is 42.6 Å². The summed E-state index contributed by atoms with van der Waals surface area (Å²) in [6.45, 7) is 5.77. The highest BCUT2D eigenvalue weighted by molar-refractivity contribution is 5.36. The van der Waals surface area contributed by atoms with E-state index in [0.29, 0.717) is 5.75 Å². The number of ether oxygens (including phenoxy) is 1. The van der Waals surface area contributed by atoms with Crippen molar-refractivity contribution in [3.63, 3.8) is 0 Å². The van der Waals surface area contributed by atoms with Gasteiger partial charge in [0.2, 0.25) is 0 Å². The molecule has 2 aromatic rings. The van der Waals surface area contributed by atoms with Crippen LogP contribution in [0.3, 0.4) is 0 Å². The molecule has 0 spiro atoms. The Morgan fingerprint density at radius 3 is 2.32 bits per heavy atom. The zero-order valence-electron chi connectivity index (χ0n) is 12.8. The van der Waals surface area contributed by atoms with Crippen molar-refractivity contribution in [1.29, 1.82) is 0 Å². The Labute approximate surface area is 128 Å². The number of nitrogens with one attached hydrogen (secondary N) is 1. The average Bonchev–Trinajstić information content (AvgIpc) is 2.97. The number of aromatic nitrogens is 1. The fourth-order valence-electron chi connectivity index (χ4n) is 2.07. The minimum atomic E-state index is -0.749. The van der Waals surface area contributed by atoms with Gasteiger partial charge in [0.1, 0.15) is 11.9 Å². The molecule has 2 atom stereocenters. The van der Waals surface area contributed by atoms with E-state index in [1.807, 2.05) is 32.9 Å². The zero-order valence-corrected chi connectivity index (χ0v) is 12.8. The molecule has 0 saturated carbocycles. The van der Waals surface area contributed by atoms with E-state index in [1.54, 1.807) is 6.20 Å². The van der Waals surface area contributed by atoms with Gasteiger partial charge in [-0.2, -0.15) is 0 Å². The largest absolute Gasteiger partial charge is 0.481 e. The van der Waals surface area contributed by atoms with E-state index in [9.17, 15) is 15.2 Å². The second-order valence-electron chi connectivity index (χ2n) is 6.23. The minimum Gasteiger partial charge on any atom is -0.481 e. The van der Waals surface area contributed by atoms with Crippen LogP contribution in [-0.4, -0.2) is 21.1 Å². The molecule has 0 fully saturated rings. The summed E-state index contributed by atoms with van der Waals surface area (Å²) in [6.07, 6.45) is 0.425. The minimum absolute atomic E-state index is 0.000133. The lowest BCUT2D eigenvalue weighted by Gasteiger charge is -2.32. The first kappa shape index (κ1) is 16.0. The monoisotopic (exact) mass is 304 g/mol. The highest BCUT2D eigenvalue weighted by Gasteiger charge is 2.33. The first-order valence-corrected chi connectivity index (χ1v) is 7.01. The van der Waals surface area contributed by atoms with Gasteiger partial charge in [0.05, 0.1) is 10.6 Å². The summed E-state index contributed by atoms with van der Waals surface area (Å²) in [5.74, 6) is 0.466. The lowest BCUT2D eigenvalue weighted by molar-refractivity contribution is -0.384. The second kappa shape index (κ2) is 6.19. The van der Waals surface area contributed by atoms with Gasteiger partial charge in [0, 0.05) is 18.3 Å². The summed E-state index contributed by atoms with van der Waals surface area (Å²) in [4.78, 5) is 13.3. The quantitative estimate of drug-likeness (QED) is 0.654. The fraction of sp³-hybridized carbons (Fsp3) is 0.375. The molecule has 2 N–H and O–H groups in total. The van der Waals surface area contributed by atoms with Crippen LogP contribution in [0.5, 0.6) is 5.75 Å². The van der Waals surface area contributed by atoms with Gasteiger partial charge < -0.3 is 14.8 Å². The van der Waals surface area contributed by atoms with Crippen molar-refractivity contribution < 1.29 is 14.8 Å². The van der Waals surface area contributed by atoms with Gasteiger partial charge in [0.15, 0.2) is 6.10 Å². The number of aromatic amines is 1. The number of rotatable bonds is 5. The molecule has 0 bridgehead atoms. The molecule has 0 amide bonds. The number of nitro benzene ring substituents is 1. The molecule has 2 rings (SSSR count). The molecular formula is C16H20N2O4. The molecule has 0 saturated heterocycles. The maximum atomic E-state index is 10.7. The van der Waals surface area contributed by atoms with Crippen LogP contribution in [0.4, 0.5) is 5.69 Å². The Kier molecular flexibility index (Phi) is 4.51. The number of aliphatic hydroxyl groups excluding tert-OH is 1. The fourth-order valence-corrected chi connectivity index (χ4v) is 2.07. The molecule has 118 valence electrons. The van der Waals surface area contributed by atoms with Gasteiger partial charge >= 0.3 is 0 Å². The second-order valence-corrected chi connectivity index (χ2v) is 6.23. The first-order valence-electron chi connectivity index (χ1n) is 7.01. The highest BCUT2D eigenvalue weighted by atomic mass is 16.6. The zero-order chi connectivity index (χ0) is 16.3. The van der Waals surface area contributed by atoms with Gasteiger partial charge in [-0.15, -0.1) is 0 Å². The standard InChI is InChI=1S/C16H20N2O4/c1-16(2,3)15(19)14(13-5-4-10-17-13)22-12-8-6-11(7-9-12)18(20)21/h4-10,14-15,17,19H,1-3H3. The number of benzene rings is 1. The van der Waals surface area contributed by atoms with Crippen molar-refractivity contribution in [3.8, 4) is 5.75 Å². The third-order valence-corrected chi connectivity index (χ3v) is 3.41. The number of nitrogens with zero attached hydrogens (tertiary/aromatic N) is 1. The molecule has 22 heavy (non-hydrogen) atoms. The molecule has 1 aromatic carbocycles. The van der Waals surface area contributed by atoms with E-state index in [4.69, 9.17) is 4.74 Å². The average molecular weight is 304 g/mol. The van der Waals surface area contributed by atoms with Crippen molar-refractivity contribution in [3.05, 3.63) is 58.4 Å². The van der Waals surface area contributed by atoms with Gasteiger partial charge in [-0.3, -0.25) is 10.1 Å². The van der Waals surface area contributed by atoms with Crippen LogP contribution in [-0.2, 0) is 0 Å². The summed E-state index contributed by atoms with van der Waals surface area (Å²) in [6, 6.07) is 9.49. The number of nitro groups is 1. The van der Waals surface area contributed by atoms with Gasteiger partial charge in [0.25, 0.3) is 5.69 Å². The van der Waals surface area contributed by atoms with E-state index < -0.39 is 17.1 Å². The van der Waals surface area contributed by atoms with Crippen LogP contribution >= 0.6 is 0 Å². The summed E-state index contributed by atoms with van der Waals surface area (Å²) < 4.78 is 5.88. The predicted octanol–water partition coefficient (Wildman–Crippen LogP) is 3.45. The maximum Gasteiger partial charge on any atom is 0.269 e. The normalized spacial score (nSPS) is 14.4. The first-order chi connectivity index (χ1) is 10.3. The topological polar surface area (TPSA) is 88.4 Å². The number of hydrogen-bond donors (Lipinski definition) is 2. The maximum absolute atomic E-state index is 10.7. The van der Waals surface area contributed by atoms with E-state index in [1.165, 1.54) is 24.3 Å². The van der Waals surface area contributed by atoms with Crippen LogP contribution in [0, 0.1) is 15.5 Å². The Bertz CT molecular complexity index is 615. The summed E-state index contributed by atoms with van der Waals surface area (Å²) >= 11 is 0. The van der Waals surface area contributed by atoms with E-state index >= 15 is 0 Å². The Hall–Kier alpha value is -2.34. The van der Waals surface area contributed by atoms with E-state index in [0.717, 1.165) is 5.69 Å². The molecule has 0 aliphatic heterocycles. The molecule has 6 heteroatoms. The molecule has 0 radical (unpaired) electrons. The molecule has 6 nitrogen and oxygen atoms in total. The summed E-state index contributed by atoms with van der Waals surface area (Å²) in [5, 5.41) is 21.2. The highest BCUT2D eigenvalue weighted by Crippen LogP contribution is 2.33. The smallest absolute Gasteiger partial charge is 0.269 e. The Morgan fingerprint density at radius 1 is 1.23 bits per heavy atom. The van der Waals surface area contributed by atoms with Crippen molar-refractivity contribution in [2.45, 2.75) is 33.0 Å².